The van der Waals surface area contributed by atoms with Crippen LogP contribution in [0.15, 0.2) is 0 Å². The quantitative estimate of drug-likeness (QED) is 0.742. The molecule has 122 valence electrons. The minimum absolute atomic E-state index is 0.131. The fourth-order valence-electron chi connectivity index (χ4n) is 3.73. The Labute approximate surface area is 129 Å². The molecule has 2 rings (SSSR count). The Bertz CT molecular complexity index is 367. The monoisotopic (exact) mass is 296 g/mol. The van der Waals surface area contributed by atoms with E-state index in [2.05, 4.69) is 18.7 Å². The van der Waals surface area contributed by atoms with Crippen molar-refractivity contribution in [3.8, 4) is 0 Å². The van der Waals surface area contributed by atoms with Crippen LogP contribution in [0.3, 0.4) is 0 Å². The van der Waals surface area contributed by atoms with Crippen LogP contribution in [0.25, 0.3) is 0 Å². The molecule has 2 fully saturated rings. The largest absolute Gasteiger partial charge is 0.444 e. The van der Waals surface area contributed by atoms with Gasteiger partial charge in [-0.15, -0.1) is 0 Å². The Hall–Kier alpha value is -0.770. The normalized spacial score (nSPS) is 27.5. The van der Waals surface area contributed by atoms with Crippen molar-refractivity contribution in [2.45, 2.75) is 71.9 Å². The molecule has 2 heterocycles. The molecule has 0 aromatic heterocycles. The van der Waals surface area contributed by atoms with E-state index in [4.69, 9.17) is 4.74 Å². The van der Waals surface area contributed by atoms with Crippen molar-refractivity contribution < 1.29 is 9.53 Å². The number of rotatable bonds is 1. The first-order chi connectivity index (χ1) is 9.69. The third kappa shape index (κ3) is 4.35. The maximum atomic E-state index is 12.3. The van der Waals surface area contributed by atoms with E-state index in [0.29, 0.717) is 6.04 Å². The molecular formula is C17H32N2O2. The highest BCUT2D eigenvalue weighted by Crippen LogP contribution is 2.35. The van der Waals surface area contributed by atoms with E-state index < -0.39 is 5.60 Å². The summed E-state index contributed by atoms with van der Waals surface area (Å²) in [5, 5.41) is 0. The fourth-order valence-corrected chi connectivity index (χ4v) is 3.73. The SMILES string of the molecule is CC(C)(C)OC(=O)N1CCC(N2CCCCC2)C(C)(C)C1. The molecule has 21 heavy (non-hydrogen) atoms. The van der Waals surface area contributed by atoms with Crippen LogP contribution in [0, 0.1) is 5.41 Å². The van der Waals surface area contributed by atoms with Crippen LogP contribution < -0.4 is 0 Å². The van der Waals surface area contributed by atoms with E-state index >= 15 is 0 Å². The maximum Gasteiger partial charge on any atom is 0.410 e. The fraction of sp³-hybridized carbons (Fsp3) is 0.941. The minimum Gasteiger partial charge on any atom is -0.444 e. The number of hydrogen-bond acceptors (Lipinski definition) is 3. The molecule has 4 heteroatoms. The first kappa shape index (κ1) is 16.6. The molecule has 0 radical (unpaired) electrons. The van der Waals surface area contributed by atoms with Crippen molar-refractivity contribution in [1.29, 1.82) is 0 Å². The van der Waals surface area contributed by atoms with Crippen molar-refractivity contribution in [2.24, 2.45) is 5.41 Å². The van der Waals surface area contributed by atoms with Gasteiger partial charge in [0.05, 0.1) is 0 Å². The Morgan fingerprint density at radius 3 is 2.24 bits per heavy atom. The minimum atomic E-state index is -0.412. The lowest BCUT2D eigenvalue weighted by molar-refractivity contribution is -0.0239. The number of likely N-dealkylation sites (tertiary alicyclic amines) is 2. The molecule has 1 atom stereocenters. The van der Waals surface area contributed by atoms with Crippen LogP contribution >= 0.6 is 0 Å². The van der Waals surface area contributed by atoms with Gasteiger partial charge in [-0.25, -0.2) is 4.79 Å². The van der Waals surface area contributed by atoms with Crippen LogP contribution in [0.1, 0.15) is 60.3 Å². The Kier molecular flexibility index (Phi) is 4.86. The number of nitrogens with zero attached hydrogens (tertiary/aromatic N) is 2. The van der Waals surface area contributed by atoms with Crippen LogP contribution in [-0.2, 0) is 4.74 Å². The highest BCUT2D eigenvalue weighted by atomic mass is 16.6. The smallest absolute Gasteiger partial charge is 0.410 e. The van der Waals surface area contributed by atoms with Gasteiger partial charge < -0.3 is 9.64 Å². The predicted molar refractivity (Wildman–Crippen MR) is 85.4 cm³/mol. The first-order valence-electron chi connectivity index (χ1n) is 8.41. The van der Waals surface area contributed by atoms with Gasteiger partial charge in [0.15, 0.2) is 0 Å². The summed E-state index contributed by atoms with van der Waals surface area (Å²) in [6.07, 6.45) is 4.91. The summed E-state index contributed by atoms with van der Waals surface area (Å²) in [5.41, 5.74) is -0.280. The highest BCUT2D eigenvalue weighted by Gasteiger charge is 2.41. The standard InChI is InChI=1S/C17H32N2O2/c1-16(2,3)21-15(20)19-12-9-14(17(4,5)13-19)18-10-7-6-8-11-18/h14H,6-13H2,1-5H3. The van der Waals surface area contributed by atoms with Gasteiger partial charge in [-0.2, -0.15) is 0 Å². The van der Waals surface area contributed by atoms with Crippen LogP contribution in [0.5, 0.6) is 0 Å². The van der Waals surface area contributed by atoms with Gasteiger partial charge in [0.1, 0.15) is 5.60 Å². The van der Waals surface area contributed by atoms with Crippen molar-refractivity contribution >= 4 is 6.09 Å². The first-order valence-corrected chi connectivity index (χ1v) is 8.41. The summed E-state index contributed by atoms with van der Waals surface area (Å²) in [6.45, 7) is 14.4. The average Bonchev–Trinajstić information content (AvgIpc) is 2.36. The van der Waals surface area contributed by atoms with Gasteiger partial charge in [0, 0.05) is 19.1 Å². The van der Waals surface area contributed by atoms with E-state index in [0.717, 1.165) is 19.5 Å². The highest BCUT2D eigenvalue weighted by molar-refractivity contribution is 5.68. The summed E-state index contributed by atoms with van der Waals surface area (Å²) in [6, 6.07) is 0.594. The van der Waals surface area contributed by atoms with Gasteiger partial charge in [0.2, 0.25) is 0 Å². The van der Waals surface area contributed by atoms with Gasteiger partial charge >= 0.3 is 6.09 Å². The number of ether oxygens (including phenoxy) is 1. The van der Waals surface area contributed by atoms with E-state index in [-0.39, 0.29) is 11.5 Å². The van der Waals surface area contributed by atoms with Gasteiger partial charge in [-0.3, -0.25) is 4.90 Å². The molecule has 1 unspecified atom stereocenters. The second-order valence-corrected chi connectivity index (χ2v) is 8.29. The number of hydrogen-bond donors (Lipinski definition) is 0. The molecule has 0 saturated carbocycles. The number of amides is 1. The molecule has 0 spiro atoms. The molecule has 0 aromatic carbocycles. The molecule has 0 aliphatic carbocycles. The summed E-state index contributed by atoms with van der Waals surface area (Å²) in [5.74, 6) is 0. The molecular weight excluding hydrogens is 264 g/mol. The van der Waals surface area contributed by atoms with Crippen LogP contribution in [0.2, 0.25) is 0 Å². The van der Waals surface area contributed by atoms with Gasteiger partial charge in [-0.1, -0.05) is 20.3 Å². The third-order valence-corrected chi connectivity index (χ3v) is 4.66. The third-order valence-electron chi connectivity index (χ3n) is 4.66. The van der Waals surface area contributed by atoms with Crippen molar-refractivity contribution in [1.82, 2.24) is 9.80 Å². The van der Waals surface area contributed by atoms with Crippen molar-refractivity contribution in [2.75, 3.05) is 26.2 Å². The topological polar surface area (TPSA) is 32.8 Å². The van der Waals surface area contributed by atoms with E-state index in [1.54, 1.807) is 0 Å². The molecule has 2 aliphatic heterocycles. The lowest BCUT2D eigenvalue weighted by Gasteiger charge is -2.49. The zero-order valence-corrected chi connectivity index (χ0v) is 14.4. The zero-order valence-electron chi connectivity index (χ0n) is 14.4. The van der Waals surface area contributed by atoms with E-state index in [9.17, 15) is 4.79 Å². The van der Waals surface area contributed by atoms with Crippen molar-refractivity contribution in [3.63, 3.8) is 0 Å². The molecule has 2 aliphatic rings. The Morgan fingerprint density at radius 1 is 1.10 bits per heavy atom. The zero-order chi connectivity index (χ0) is 15.7. The van der Waals surface area contributed by atoms with E-state index in [1.807, 2.05) is 25.7 Å². The van der Waals surface area contributed by atoms with Crippen LogP contribution in [-0.4, -0.2) is 53.7 Å². The summed E-state index contributed by atoms with van der Waals surface area (Å²) >= 11 is 0. The second-order valence-electron chi connectivity index (χ2n) is 8.29. The van der Waals surface area contributed by atoms with Gasteiger partial charge in [-0.05, 0) is 58.5 Å². The van der Waals surface area contributed by atoms with Gasteiger partial charge in [0.25, 0.3) is 0 Å². The number of carbonyl (C=O) groups excluding carboxylic acids is 1. The molecule has 4 nitrogen and oxygen atoms in total. The molecule has 0 bridgehead atoms. The Balaban J connectivity index is 1.97. The summed E-state index contributed by atoms with van der Waals surface area (Å²) in [4.78, 5) is 16.8. The summed E-state index contributed by atoms with van der Waals surface area (Å²) in [7, 11) is 0. The lowest BCUT2D eigenvalue weighted by Crippen LogP contribution is -2.58. The molecule has 1 amide bonds. The van der Waals surface area contributed by atoms with Crippen molar-refractivity contribution in [3.05, 3.63) is 0 Å². The van der Waals surface area contributed by atoms with E-state index in [1.165, 1.54) is 32.4 Å². The predicted octanol–water partition coefficient (Wildman–Crippen LogP) is 3.51. The molecule has 2 saturated heterocycles. The average molecular weight is 296 g/mol. The second kappa shape index (κ2) is 6.15. The number of piperidine rings is 2. The lowest BCUT2D eigenvalue weighted by atomic mass is 9.77. The summed E-state index contributed by atoms with van der Waals surface area (Å²) < 4.78 is 5.52. The molecule has 0 aromatic rings. The maximum absolute atomic E-state index is 12.3. The van der Waals surface area contributed by atoms with Crippen LogP contribution in [0.4, 0.5) is 4.79 Å². The number of carbonyl (C=O) groups is 1. The Morgan fingerprint density at radius 2 is 1.71 bits per heavy atom. The molecule has 0 N–H and O–H groups in total.